The minimum Gasteiger partial charge on any atom is -0.365 e. The molecule has 2 N–H and O–H groups in total. The van der Waals surface area contributed by atoms with Gasteiger partial charge in [0.25, 0.3) is 23.0 Å². The van der Waals surface area contributed by atoms with E-state index in [0.29, 0.717) is 0 Å². The molecule has 0 saturated carbocycles. The highest BCUT2D eigenvalue weighted by molar-refractivity contribution is 6.67. The molecule has 62 heavy (non-hydrogen) atoms. The number of benzene rings is 4. The van der Waals surface area contributed by atoms with Crippen molar-refractivity contribution >= 4 is 28.6 Å². The van der Waals surface area contributed by atoms with Gasteiger partial charge in [-0.05, 0) is 16.8 Å². The van der Waals surface area contributed by atoms with Gasteiger partial charge in [-0.3, -0.25) is 9.59 Å². The van der Waals surface area contributed by atoms with E-state index in [1.54, 1.807) is 0 Å². The van der Waals surface area contributed by atoms with Crippen molar-refractivity contribution in [3.8, 4) is 22.9 Å². The maximum atomic E-state index is 13.7. The number of carbonyl (C=O) groups excluding carboxylic acids is 2. The maximum Gasteiger partial charge on any atom is 0.265 e. The van der Waals surface area contributed by atoms with Crippen molar-refractivity contribution in [2.75, 3.05) is 5.73 Å². The number of rotatable bonds is 6. The van der Waals surface area contributed by atoms with Crippen molar-refractivity contribution in [1.82, 2.24) is 20.3 Å². The summed E-state index contributed by atoms with van der Waals surface area (Å²) in [6, 6.07) is 0. The summed E-state index contributed by atoms with van der Waals surface area (Å²) in [5.41, 5.74) is -1.48. The van der Waals surface area contributed by atoms with Crippen molar-refractivity contribution in [3.63, 3.8) is 0 Å². The fourth-order valence-electron chi connectivity index (χ4n) is 4.21. The molecule has 0 bridgehead atoms. The van der Waals surface area contributed by atoms with Crippen molar-refractivity contribution in [2.45, 2.75) is 13.8 Å². The average molecular weight is 942 g/mol. The van der Waals surface area contributed by atoms with Crippen LogP contribution in [0.2, 0.25) is 0 Å². The molecule has 0 amide bonds. The number of nitrogens with zero attached hydrogens (tertiary/aromatic N) is 4. The summed E-state index contributed by atoms with van der Waals surface area (Å²) in [5.74, 6) is -51.3. The third-order valence-corrected chi connectivity index (χ3v) is 7.16. The number of nitrogens with two attached hydrogens (primary N) is 1. The van der Waals surface area contributed by atoms with Crippen LogP contribution in [0.15, 0.2) is 9.05 Å². The molecule has 4 aromatic carbocycles. The molecule has 332 valence electrons. The molecule has 0 aliphatic carbocycles. The number of nitrogen functional groups attached to an aromatic ring is 1. The van der Waals surface area contributed by atoms with Crippen LogP contribution in [-0.4, -0.2) is 31.3 Å². The lowest BCUT2D eigenvalue weighted by Gasteiger charge is -2.06. The molecule has 0 saturated heterocycles. The molecule has 2 heterocycles. The first kappa shape index (κ1) is 49.6. The molecule has 0 atom stereocenters. The maximum absolute atomic E-state index is 13.7. The Hall–Kier alpha value is -6.81. The van der Waals surface area contributed by atoms with Crippen LogP contribution < -0.4 is 5.73 Å². The zero-order chi connectivity index (χ0) is 46.3. The monoisotopic (exact) mass is 941 g/mol. The normalized spacial score (nSPS) is 10.8. The molecule has 0 spiro atoms. The van der Waals surface area contributed by atoms with Crippen LogP contribution in [0.3, 0.4) is 0 Å². The van der Waals surface area contributed by atoms with Crippen LogP contribution in [0, 0.1) is 116 Å². The van der Waals surface area contributed by atoms with E-state index in [2.05, 4.69) is 40.9 Å². The number of ketones is 1. The highest BCUT2D eigenvalue weighted by atomic mass is 35.5. The average Bonchev–Trinajstić information content (AvgIpc) is 3.86. The third kappa shape index (κ3) is 8.96. The molecule has 0 aliphatic heterocycles. The Balaban J connectivity index is 0.000000271. The molecule has 0 aliphatic rings. The van der Waals surface area contributed by atoms with Crippen LogP contribution in [0.1, 0.15) is 34.0 Å². The second-order valence-corrected chi connectivity index (χ2v) is 11.0. The summed E-state index contributed by atoms with van der Waals surface area (Å²) in [4.78, 5) is 28.6. The summed E-state index contributed by atoms with van der Waals surface area (Å²) in [5, 5.41) is 4.18. The molecular weight excluding hydrogens is 934 g/mol. The molecular formula is C32H8ClF20N5O4. The second-order valence-electron chi connectivity index (χ2n) is 10.6. The molecule has 30 heteroatoms. The van der Waals surface area contributed by atoms with Crippen molar-refractivity contribution in [1.29, 1.82) is 0 Å². The molecule has 6 aromatic rings. The number of carbonyl (C=O) groups is 2. The third-order valence-electron chi connectivity index (χ3n) is 6.97. The van der Waals surface area contributed by atoms with Crippen molar-refractivity contribution < 1.29 is 106 Å². The Morgan fingerprint density at radius 1 is 0.419 bits per heavy atom. The zero-order valence-corrected chi connectivity index (χ0v) is 28.4. The van der Waals surface area contributed by atoms with Crippen LogP contribution in [0.5, 0.6) is 0 Å². The van der Waals surface area contributed by atoms with E-state index in [-0.39, 0.29) is 7.43 Å². The summed E-state index contributed by atoms with van der Waals surface area (Å²) < 4.78 is 269. The van der Waals surface area contributed by atoms with Crippen molar-refractivity contribution in [3.05, 3.63) is 133 Å². The number of aromatic nitrogens is 4. The van der Waals surface area contributed by atoms with Gasteiger partial charge in [-0.25, -0.2) is 87.8 Å². The molecule has 0 unspecified atom stereocenters. The van der Waals surface area contributed by atoms with Crippen LogP contribution >= 0.6 is 11.6 Å². The Morgan fingerprint density at radius 2 is 0.694 bits per heavy atom. The number of hydrogen-bond acceptors (Lipinski definition) is 9. The summed E-state index contributed by atoms with van der Waals surface area (Å²) >= 11 is 4.64. The first-order valence-electron chi connectivity index (χ1n) is 14.5. The highest BCUT2D eigenvalue weighted by Crippen LogP contribution is 2.33. The van der Waals surface area contributed by atoms with E-state index >= 15 is 0 Å². The van der Waals surface area contributed by atoms with Gasteiger partial charge in [0.1, 0.15) is 16.7 Å². The Kier molecular flexibility index (Phi) is 15.1. The predicted molar refractivity (Wildman–Crippen MR) is 161 cm³/mol. The highest BCUT2D eigenvalue weighted by Gasteiger charge is 2.34. The number of halogens is 21. The smallest absolute Gasteiger partial charge is 0.265 e. The van der Waals surface area contributed by atoms with E-state index in [1.807, 2.05) is 0 Å². The van der Waals surface area contributed by atoms with E-state index in [1.165, 1.54) is 0 Å². The van der Waals surface area contributed by atoms with Gasteiger partial charge < -0.3 is 14.8 Å². The van der Waals surface area contributed by atoms with Gasteiger partial charge in [-0.1, -0.05) is 12.6 Å². The summed E-state index contributed by atoms with van der Waals surface area (Å²) in [7, 11) is 0. The molecule has 6 rings (SSSR count). The Labute approximate surface area is 331 Å². The van der Waals surface area contributed by atoms with Gasteiger partial charge >= 0.3 is 0 Å². The van der Waals surface area contributed by atoms with Gasteiger partial charge in [0.05, 0.1) is 12.0 Å². The van der Waals surface area contributed by atoms with Gasteiger partial charge in [-0.2, -0.15) is 9.97 Å². The Bertz CT molecular complexity index is 2670. The quantitative estimate of drug-likeness (QED) is 0.0569. The summed E-state index contributed by atoms with van der Waals surface area (Å²) in [6.45, 7) is 0. The van der Waals surface area contributed by atoms with Gasteiger partial charge in [-0.15, -0.1) is 0 Å². The zero-order valence-electron chi connectivity index (χ0n) is 27.6. The van der Waals surface area contributed by atoms with E-state index < -0.39 is 180 Å². The minimum atomic E-state index is -2.52. The van der Waals surface area contributed by atoms with E-state index in [4.69, 9.17) is 5.73 Å². The van der Waals surface area contributed by atoms with Crippen LogP contribution in [0.25, 0.3) is 22.9 Å². The van der Waals surface area contributed by atoms with Gasteiger partial charge in [0.15, 0.2) is 105 Å². The predicted octanol–water partition coefficient (Wildman–Crippen LogP) is 9.96. The Morgan fingerprint density at radius 3 is 1.00 bits per heavy atom. The largest absolute Gasteiger partial charge is 0.365 e. The number of Topliss-reactive ketones (excluding diaryl/α,β-unsaturated/α-hetero) is 1. The van der Waals surface area contributed by atoms with Crippen molar-refractivity contribution in [2.24, 2.45) is 0 Å². The fourth-order valence-corrected chi connectivity index (χ4v) is 4.37. The lowest BCUT2D eigenvalue weighted by molar-refractivity contribution is 0.0977. The fraction of sp³-hybridized carbons (Fsp3) is 0.0625. The topological polar surface area (TPSA) is 138 Å². The molecule has 2 aromatic heterocycles. The van der Waals surface area contributed by atoms with E-state index in [9.17, 15) is 97.4 Å². The van der Waals surface area contributed by atoms with Gasteiger partial charge in [0, 0.05) is 0 Å². The van der Waals surface area contributed by atoms with Gasteiger partial charge in [0.2, 0.25) is 23.3 Å². The van der Waals surface area contributed by atoms with Crippen LogP contribution in [-0.2, 0) is 6.42 Å². The summed E-state index contributed by atoms with van der Waals surface area (Å²) in [6.07, 6.45) is -1.31. The number of anilines is 1. The molecule has 0 fully saturated rings. The standard InChI is InChI=1S/C16H2F10N2O2.C8H2F5N3O.C7ClF5O.CH4/c17-6-4(7(18)11(22)14(25)10(6)21)2(29)1-3-27-16(30-28-3)5-8(19)12(23)15(26)13(24)9(5)20;9-2-1(7-15-8(14)16-17-7)3(10)5(12)6(13)4(2)11;8-7(14)1-2(9)4(11)6(13)5(12)3(1)10;/h1H2;(H2,14,16);;1H4. The number of hydrogen-bond donors (Lipinski definition) is 1. The first-order valence-corrected chi connectivity index (χ1v) is 14.9. The molecule has 0 radical (unpaired) electrons. The van der Waals surface area contributed by atoms with E-state index in [0.717, 1.165) is 0 Å². The lowest BCUT2D eigenvalue weighted by atomic mass is 10.1. The SMILES string of the molecule is C.Nc1noc(-c2c(F)c(F)c(F)c(F)c2F)n1.O=C(Cc1noc(-c2c(F)c(F)c(F)c(F)c2F)n1)c1c(F)c(F)c(F)c(F)c1F.O=C(Cl)c1c(F)c(F)c(F)c(F)c1F. The van der Waals surface area contributed by atoms with Crippen LogP contribution in [0.4, 0.5) is 93.8 Å². The minimum absolute atomic E-state index is 0. The second kappa shape index (κ2) is 18.8. The first-order chi connectivity index (χ1) is 28.3. The molecule has 9 nitrogen and oxygen atoms in total. The lowest BCUT2D eigenvalue weighted by Crippen LogP contribution is -2.15.